The van der Waals surface area contributed by atoms with Crippen LogP contribution in [0.25, 0.3) is 0 Å². The summed E-state index contributed by atoms with van der Waals surface area (Å²) in [6, 6.07) is -0.582. The number of nitrogens with two attached hydrogens (primary N) is 1. The lowest BCUT2D eigenvalue weighted by Crippen LogP contribution is -2.31. The van der Waals surface area contributed by atoms with Crippen LogP contribution < -0.4 is 11.1 Å². The predicted molar refractivity (Wildman–Crippen MR) is 42.5 cm³/mol. The molecule has 0 aliphatic rings. The van der Waals surface area contributed by atoms with E-state index in [-0.39, 0.29) is 5.75 Å². The van der Waals surface area contributed by atoms with Crippen LogP contribution in [-0.2, 0) is 4.79 Å². The standard InChI is InChI=1S/C5H10N2O3S/c6-5(10)7-1-2-11-3-4(8)9/h1-3H2,(H,8,9)(H3,6,7,10). The van der Waals surface area contributed by atoms with E-state index in [2.05, 4.69) is 5.32 Å². The largest absolute Gasteiger partial charge is 0.481 e. The number of carboxylic acids is 1. The van der Waals surface area contributed by atoms with Gasteiger partial charge in [-0.3, -0.25) is 4.79 Å². The maximum atomic E-state index is 10.1. The van der Waals surface area contributed by atoms with Gasteiger partial charge in [0.05, 0.1) is 5.75 Å². The van der Waals surface area contributed by atoms with Crippen molar-refractivity contribution >= 4 is 23.8 Å². The maximum Gasteiger partial charge on any atom is 0.313 e. The van der Waals surface area contributed by atoms with Gasteiger partial charge in [0.1, 0.15) is 0 Å². The minimum atomic E-state index is -0.853. The molecule has 0 unspecified atom stereocenters. The van der Waals surface area contributed by atoms with Crippen molar-refractivity contribution in [1.29, 1.82) is 0 Å². The van der Waals surface area contributed by atoms with E-state index in [1.165, 1.54) is 11.8 Å². The van der Waals surface area contributed by atoms with Crippen LogP contribution in [0.4, 0.5) is 4.79 Å². The van der Waals surface area contributed by atoms with Crippen LogP contribution in [-0.4, -0.2) is 35.2 Å². The van der Waals surface area contributed by atoms with E-state index in [9.17, 15) is 9.59 Å². The number of thioether (sulfide) groups is 1. The van der Waals surface area contributed by atoms with Crippen LogP contribution in [0.5, 0.6) is 0 Å². The number of hydrogen-bond donors (Lipinski definition) is 3. The van der Waals surface area contributed by atoms with Crippen molar-refractivity contribution in [2.24, 2.45) is 5.73 Å². The van der Waals surface area contributed by atoms with E-state index in [4.69, 9.17) is 10.8 Å². The van der Waals surface area contributed by atoms with Gasteiger partial charge in [-0.05, 0) is 0 Å². The van der Waals surface area contributed by atoms with Crippen LogP contribution in [0, 0.1) is 0 Å². The molecule has 0 heterocycles. The van der Waals surface area contributed by atoms with Crippen molar-refractivity contribution in [3.63, 3.8) is 0 Å². The van der Waals surface area contributed by atoms with Crippen molar-refractivity contribution in [3.05, 3.63) is 0 Å². The van der Waals surface area contributed by atoms with Gasteiger partial charge >= 0.3 is 12.0 Å². The Hall–Kier alpha value is -0.910. The van der Waals surface area contributed by atoms with Gasteiger partial charge in [-0.1, -0.05) is 0 Å². The predicted octanol–water partition coefficient (Wildman–Crippen LogP) is -0.528. The molecule has 6 heteroatoms. The van der Waals surface area contributed by atoms with Gasteiger partial charge in [0, 0.05) is 12.3 Å². The van der Waals surface area contributed by atoms with E-state index >= 15 is 0 Å². The lowest BCUT2D eigenvalue weighted by Gasteiger charge is -1.98. The fraction of sp³-hybridized carbons (Fsp3) is 0.600. The lowest BCUT2D eigenvalue weighted by molar-refractivity contribution is -0.133. The number of amides is 2. The summed E-state index contributed by atoms with van der Waals surface area (Å²) < 4.78 is 0. The molecule has 0 spiro atoms. The van der Waals surface area contributed by atoms with Gasteiger partial charge in [0.25, 0.3) is 0 Å². The van der Waals surface area contributed by atoms with E-state index in [0.29, 0.717) is 12.3 Å². The number of rotatable bonds is 5. The van der Waals surface area contributed by atoms with Crippen molar-refractivity contribution in [3.8, 4) is 0 Å². The molecule has 0 atom stereocenters. The Morgan fingerprint density at radius 1 is 1.55 bits per heavy atom. The highest BCUT2D eigenvalue weighted by atomic mass is 32.2. The zero-order valence-electron chi connectivity index (χ0n) is 5.87. The highest BCUT2D eigenvalue weighted by molar-refractivity contribution is 7.99. The van der Waals surface area contributed by atoms with Crippen molar-refractivity contribution in [1.82, 2.24) is 5.32 Å². The number of nitrogens with one attached hydrogen (secondary N) is 1. The molecule has 0 aromatic carbocycles. The Morgan fingerprint density at radius 2 is 2.18 bits per heavy atom. The van der Waals surface area contributed by atoms with Crippen molar-refractivity contribution in [2.45, 2.75) is 0 Å². The maximum absolute atomic E-state index is 10.1. The summed E-state index contributed by atoms with van der Waals surface area (Å²) >= 11 is 1.23. The molecule has 0 saturated heterocycles. The van der Waals surface area contributed by atoms with E-state index in [1.54, 1.807) is 0 Å². The molecule has 0 fully saturated rings. The summed E-state index contributed by atoms with van der Waals surface area (Å²) in [6.45, 7) is 0.410. The van der Waals surface area contributed by atoms with Crippen LogP contribution in [0.1, 0.15) is 0 Å². The van der Waals surface area contributed by atoms with Gasteiger partial charge in [-0.2, -0.15) is 0 Å². The third kappa shape index (κ3) is 9.09. The number of urea groups is 1. The van der Waals surface area contributed by atoms with Crippen LogP contribution in [0.15, 0.2) is 0 Å². The second kappa shape index (κ2) is 5.84. The van der Waals surface area contributed by atoms with Crippen molar-refractivity contribution < 1.29 is 14.7 Å². The van der Waals surface area contributed by atoms with Gasteiger partial charge in [-0.25, -0.2) is 4.79 Å². The van der Waals surface area contributed by atoms with Crippen molar-refractivity contribution in [2.75, 3.05) is 18.1 Å². The molecule has 2 amide bonds. The second-order valence-corrected chi connectivity index (χ2v) is 2.84. The van der Waals surface area contributed by atoms with E-state index in [1.807, 2.05) is 0 Å². The molecule has 0 aromatic rings. The van der Waals surface area contributed by atoms with Gasteiger partial charge in [-0.15, -0.1) is 11.8 Å². The smallest absolute Gasteiger partial charge is 0.313 e. The Morgan fingerprint density at radius 3 is 2.64 bits per heavy atom. The first kappa shape index (κ1) is 10.1. The lowest BCUT2D eigenvalue weighted by atomic mass is 10.7. The molecular formula is C5H10N2O3S. The normalized spacial score (nSPS) is 9.09. The van der Waals surface area contributed by atoms with Crippen LogP contribution in [0.2, 0.25) is 0 Å². The molecule has 0 aromatic heterocycles. The van der Waals surface area contributed by atoms with Crippen LogP contribution >= 0.6 is 11.8 Å². The summed E-state index contributed by atoms with van der Waals surface area (Å²) in [4.78, 5) is 20.0. The minimum absolute atomic E-state index is 0.0560. The minimum Gasteiger partial charge on any atom is -0.481 e. The summed E-state index contributed by atoms with van der Waals surface area (Å²) in [5.41, 5.74) is 4.76. The Bertz CT molecular complexity index is 135. The van der Waals surface area contributed by atoms with E-state index < -0.39 is 12.0 Å². The van der Waals surface area contributed by atoms with Gasteiger partial charge in [0.15, 0.2) is 0 Å². The number of carboxylic acid groups (broad SMARTS) is 1. The third-order valence-electron chi connectivity index (χ3n) is 0.771. The quantitative estimate of drug-likeness (QED) is 0.493. The third-order valence-corrected chi connectivity index (χ3v) is 1.72. The first-order valence-electron chi connectivity index (χ1n) is 2.95. The summed E-state index contributed by atoms with van der Waals surface area (Å²) in [5, 5.41) is 10.5. The van der Waals surface area contributed by atoms with Crippen LogP contribution in [0.3, 0.4) is 0 Å². The molecule has 4 N–H and O–H groups in total. The van der Waals surface area contributed by atoms with Gasteiger partial charge in [0.2, 0.25) is 0 Å². The first-order valence-corrected chi connectivity index (χ1v) is 4.11. The molecule has 0 aliphatic carbocycles. The number of carbonyl (C=O) groups excluding carboxylic acids is 1. The monoisotopic (exact) mass is 178 g/mol. The SMILES string of the molecule is NC(=O)NCCSCC(=O)O. The number of primary amides is 1. The number of aliphatic carboxylic acids is 1. The molecule has 11 heavy (non-hydrogen) atoms. The fourth-order valence-corrected chi connectivity index (χ4v) is 0.971. The highest BCUT2D eigenvalue weighted by Crippen LogP contribution is 1.96. The summed E-state index contributed by atoms with van der Waals surface area (Å²) in [5.74, 6) is -0.232. The number of hydrogen-bond acceptors (Lipinski definition) is 3. The first-order chi connectivity index (χ1) is 5.13. The Balaban J connectivity index is 3.03. The topological polar surface area (TPSA) is 92.4 Å². The zero-order valence-corrected chi connectivity index (χ0v) is 6.69. The molecule has 0 bridgehead atoms. The van der Waals surface area contributed by atoms with E-state index in [0.717, 1.165) is 0 Å². The number of carbonyl (C=O) groups is 2. The molecule has 0 rings (SSSR count). The Labute approximate surface area is 68.3 Å². The average molecular weight is 178 g/mol. The molecule has 0 saturated carbocycles. The average Bonchev–Trinajstić information content (AvgIpc) is 1.85. The molecular weight excluding hydrogens is 168 g/mol. The van der Waals surface area contributed by atoms with Gasteiger partial charge < -0.3 is 16.2 Å². The molecule has 0 radical (unpaired) electrons. The summed E-state index contributed by atoms with van der Waals surface area (Å²) in [6.07, 6.45) is 0. The Kier molecular flexibility index (Phi) is 5.36. The molecule has 0 aliphatic heterocycles. The second-order valence-electron chi connectivity index (χ2n) is 1.74. The highest BCUT2D eigenvalue weighted by Gasteiger charge is 1.96. The fourth-order valence-electron chi connectivity index (χ4n) is 0.406. The zero-order chi connectivity index (χ0) is 8.69. The molecule has 64 valence electrons. The molecule has 5 nitrogen and oxygen atoms in total. The summed E-state index contributed by atoms with van der Waals surface area (Å²) in [7, 11) is 0.